The van der Waals surface area contributed by atoms with Crippen molar-refractivity contribution in [1.29, 1.82) is 0 Å². The maximum Gasteiger partial charge on any atom is 0.511 e. The third kappa shape index (κ3) is 3.40. The second kappa shape index (κ2) is 5.42. The Morgan fingerprint density at radius 2 is 1.61 bits per heavy atom. The molecule has 0 saturated carbocycles. The van der Waals surface area contributed by atoms with Crippen molar-refractivity contribution in [2.24, 2.45) is 0 Å². The maximum atomic E-state index is 10.4. The van der Waals surface area contributed by atoms with Gasteiger partial charge in [-0.25, -0.2) is 4.79 Å². The van der Waals surface area contributed by atoms with Crippen LogP contribution >= 0.6 is 11.6 Å². The van der Waals surface area contributed by atoms with Crippen molar-refractivity contribution in [2.75, 3.05) is 0 Å². The van der Waals surface area contributed by atoms with Crippen LogP contribution in [0.4, 0.5) is 4.79 Å². The van der Waals surface area contributed by atoms with Crippen molar-refractivity contribution in [2.45, 2.75) is 0 Å². The summed E-state index contributed by atoms with van der Waals surface area (Å²) in [6.07, 6.45) is -1.37. The van der Waals surface area contributed by atoms with E-state index in [-0.39, 0.29) is 5.75 Å². The van der Waals surface area contributed by atoms with Crippen LogP contribution in [0.1, 0.15) is 0 Å². The summed E-state index contributed by atoms with van der Waals surface area (Å²) < 4.78 is 10.1. The molecule has 2 rings (SSSR count). The van der Waals surface area contributed by atoms with E-state index in [1.807, 2.05) is 0 Å². The van der Waals surface area contributed by atoms with Crippen molar-refractivity contribution in [3.8, 4) is 17.2 Å². The first-order valence-corrected chi connectivity index (χ1v) is 5.45. The van der Waals surface area contributed by atoms with Crippen LogP contribution < -0.4 is 9.47 Å². The molecule has 0 amide bonds. The Hall–Kier alpha value is -2.20. The predicted octanol–water partition coefficient (Wildman–Crippen LogP) is 4.19. The van der Waals surface area contributed by atoms with E-state index >= 15 is 0 Å². The standard InChI is InChI=1S/C13H9ClO4/c14-9-3-1-4-10(7-9)17-11-5-2-6-12(8-11)18-13(15)16/h1-8H,(H,15,16). The van der Waals surface area contributed by atoms with Gasteiger partial charge in [0.1, 0.15) is 17.2 Å². The SMILES string of the molecule is O=C(O)Oc1cccc(Oc2cccc(Cl)c2)c1. The summed E-state index contributed by atoms with van der Waals surface area (Å²) in [5.74, 6) is 1.23. The van der Waals surface area contributed by atoms with Crippen molar-refractivity contribution in [1.82, 2.24) is 0 Å². The van der Waals surface area contributed by atoms with Gasteiger partial charge in [0.2, 0.25) is 0 Å². The van der Waals surface area contributed by atoms with Crippen LogP contribution in [0.15, 0.2) is 48.5 Å². The molecule has 0 bridgehead atoms. The van der Waals surface area contributed by atoms with Crippen LogP contribution in [0.3, 0.4) is 0 Å². The first kappa shape index (κ1) is 12.3. The molecule has 0 aliphatic heterocycles. The Morgan fingerprint density at radius 1 is 1.00 bits per heavy atom. The zero-order valence-electron chi connectivity index (χ0n) is 9.17. The predicted molar refractivity (Wildman–Crippen MR) is 66.6 cm³/mol. The third-order valence-corrected chi connectivity index (χ3v) is 2.28. The third-order valence-electron chi connectivity index (χ3n) is 2.04. The molecular formula is C13H9ClO4. The first-order chi connectivity index (χ1) is 8.63. The van der Waals surface area contributed by atoms with Crippen molar-refractivity contribution >= 4 is 17.8 Å². The molecule has 0 aliphatic carbocycles. The van der Waals surface area contributed by atoms with Crippen LogP contribution in [-0.2, 0) is 0 Å². The number of benzene rings is 2. The van der Waals surface area contributed by atoms with E-state index in [2.05, 4.69) is 4.74 Å². The summed E-state index contributed by atoms with van der Waals surface area (Å²) in [6, 6.07) is 13.2. The lowest BCUT2D eigenvalue weighted by atomic mass is 10.3. The lowest BCUT2D eigenvalue weighted by Crippen LogP contribution is -2.02. The number of hydrogen-bond acceptors (Lipinski definition) is 3. The molecule has 0 aliphatic rings. The van der Waals surface area contributed by atoms with Gasteiger partial charge in [-0.1, -0.05) is 23.7 Å². The summed E-state index contributed by atoms with van der Waals surface area (Å²) in [7, 11) is 0. The van der Waals surface area contributed by atoms with Gasteiger partial charge in [0.25, 0.3) is 0 Å². The molecular weight excluding hydrogens is 256 g/mol. The number of halogens is 1. The molecule has 0 heterocycles. The molecule has 18 heavy (non-hydrogen) atoms. The van der Waals surface area contributed by atoms with Crippen LogP contribution in [0, 0.1) is 0 Å². The van der Waals surface area contributed by atoms with Gasteiger partial charge in [0.05, 0.1) is 0 Å². The number of carbonyl (C=O) groups is 1. The zero-order valence-corrected chi connectivity index (χ0v) is 9.92. The van der Waals surface area contributed by atoms with E-state index in [1.165, 1.54) is 12.1 Å². The minimum atomic E-state index is -1.37. The Bertz CT molecular complexity index is 568. The minimum absolute atomic E-state index is 0.196. The summed E-state index contributed by atoms with van der Waals surface area (Å²) in [6.45, 7) is 0. The molecule has 4 nitrogen and oxygen atoms in total. The minimum Gasteiger partial charge on any atom is -0.457 e. The fraction of sp³-hybridized carbons (Fsp3) is 0. The molecule has 0 spiro atoms. The van der Waals surface area contributed by atoms with Gasteiger partial charge in [-0.05, 0) is 30.3 Å². The highest BCUT2D eigenvalue weighted by Gasteiger charge is 2.03. The number of hydrogen-bond donors (Lipinski definition) is 1. The summed E-state index contributed by atoms with van der Waals surface area (Å²) >= 11 is 5.83. The van der Waals surface area contributed by atoms with E-state index in [4.69, 9.17) is 21.4 Å². The summed E-state index contributed by atoms with van der Waals surface area (Å²) in [4.78, 5) is 10.4. The average molecular weight is 265 g/mol. The van der Waals surface area contributed by atoms with Gasteiger partial charge in [-0.3, -0.25) is 0 Å². The average Bonchev–Trinajstić information content (AvgIpc) is 2.28. The lowest BCUT2D eigenvalue weighted by molar-refractivity contribution is 0.144. The number of ether oxygens (including phenoxy) is 2. The highest BCUT2D eigenvalue weighted by Crippen LogP contribution is 2.26. The lowest BCUT2D eigenvalue weighted by Gasteiger charge is -2.07. The second-order valence-corrected chi connectivity index (χ2v) is 3.84. The number of rotatable bonds is 3. The van der Waals surface area contributed by atoms with Gasteiger partial charge in [-0.15, -0.1) is 0 Å². The molecule has 0 fully saturated rings. The first-order valence-electron chi connectivity index (χ1n) is 5.08. The maximum absolute atomic E-state index is 10.4. The fourth-order valence-electron chi connectivity index (χ4n) is 1.37. The Kier molecular flexibility index (Phi) is 3.69. The van der Waals surface area contributed by atoms with Crippen molar-refractivity contribution in [3.05, 3.63) is 53.6 Å². The van der Waals surface area contributed by atoms with Gasteiger partial charge in [0.15, 0.2) is 0 Å². The molecule has 92 valence electrons. The van der Waals surface area contributed by atoms with Crippen LogP contribution in [0.5, 0.6) is 17.2 Å². The zero-order chi connectivity index (χ0) is 13.0. The van der Waals surface area contributed by atoms with Gasteiger partial charge in [-0.2, -0.15) is 0 Å². The Labute approximate surface area is 108 Å². The van der Waals surface area contributed by atoms with Crippen molar-refractivity contribution in [3.63, 3.8) is 0 Å². The highest BCUT2D eigenvalue weighted by atomic mass is 35.5. The van der Waals surface area contributed by atoms with E-state index < -0.39 is 6.16 Å². The molecule has 1 N–H and O–H groups in total. The molecule has 2 aromatic carbocycles. The topological polar surface area (TPSA) is 55.8 Å². The monoisotopic (exact) mass is 264 g/mol. The molecule has 5 heteroatoms. The molecule has 0 unspecified atom stereocenters. The number of carboxylic acid groups (broad SMARTS) is 1. The Morgan fingerprint density at radius 3 is 2.28 bits per heavy atom. The van der Waals surface area contributed by atoms with Crippen LogP contribution in [-0.4, -0.2) is 11.3 Å². The highest BCUT2D eigenvalue weighted by molar-refractivity contribution is 6.30. The van der Waals surface area contributed by atoms with E-state index in [0.717, 1.165) is 0 Å². The largest absolute Gasteiger partial charge is 0.511 e. The van der Waals surface area contributed by atoms with E-state index in [1.54, 1.807) is 36.4 Å². The molecule has 0 saturated heterocycles. The molecule has 0 atom stereocenters. The van der Waals surface area contributed by atoms with Gasteiger partial charge >= 0.3 is 6.16 Å². The van der Waals surface area contributed by atoms with Gasteiger partial charge < -0.3 is 14.6 Å². The van der Waals surface area contributed by atoms with Gasteiger partial charge in [0, 0.05) is 11.1 Å². The molecule has 2 aromatic rings. The van der Waals surface area contributed by atoms with Crippen LogP contribution in [0.2, 0.25) is 5.02 Å². The summed E-state index contributed by atoms with van der Waals surface area (Å²) in [5.41, 5.74) is 0. The summed E-state index contributed by atoms with van der Waals surface area (Å²) in [5, 5.41) is 9.06. The fourth-order valence-corrected chi connectivity index (χ4v) is 1.55. The van der Waals surface area contributed by atoms with E-state index in [9.17, 15) is 4.79 Å². The quantitative estimate of drug-likeness (QED) is 0.667. The Balaban J connectivity index is 2.16. The van der Waals surface area contributed by atoms with Crippen LogP contribution in [0.25, 0.3) is 0 Å². The normalized spacial score (nSPS) is 9.83. The second-order valence-electron chi connectivity index (χ2n) is 3.40. The smallest absolute Gasteiger partial charge is 0.457 e. The van der Waals surface area contributed by atoms with Crippen molar-refractivity contribution < 1.29 is 19.4 Å². The molecule has 0 aromatic heterocycles. The van der Waals surface area contributed by atoms with E-state index in [0.29, 0.717) is 16.5 Å². The molecule has 0 radical (unpaired) electrons.